The van der Waals surface area contributed by atoms with Crippen molar-refractivity contribution in [3.05, 3.63) is 12.2 Å². The maximum Gasteiger partial charge on any atom is 0.0838 e. The summed E-state index contributed by atoms with van der Waals surface area (Å²) in [5.41, 5.74) is 0. The summed E-state index contributed by atoms with van der Waals surface area (Å²) in [4.78, 5) is 0. The highest BCUT2D eigenvalue weighted by Crippen LogP contribution is 2.23. The van der Waals surface area contributed by atoms with E-state index in [2.05, 4.69) is 26.0 Å². The van der Waals surface area contributed by atoms with E-state index in [9.17, 15) is 5.11 Å². The number of hydrogen-bond donors (Lipinski definition) is 1. The van der Waals surface area contributed by atoms with Crippen LogP contribution in [0.5, 0.6) is 0 Å². The molecular formula is C18H34O2. The molecule has 0 bridgehead atoms. The van der Waals surface area contributed by atoms with Crippen LogP contribution in [-0.2, 0) is 4.74 Å². The lowest BCUT2D eigenvalue weighted by Crippen LogP contribution is -2.25. The number of rotatable bonds is 11. The van der Waals surface area contributed by atoms with Crippen molar-refractivity contribution < 1.29 is 9.84 Å². The first-order chi connectivity index (χ1) is 9.74. The van der Waals surface area contributed by atoms with Gasteiger partial charge in [-0.1, -0.05) is 51.2 Å². The molecular weight excluding hydrogens is 248 g/mol. The summed E-state index contributed by atoms with van der Waals surface area (Å²) in [6.07, 6.45) is 17.9. The van der Waals surface area contributed by atoms with Crippen LogP contribution >= 0.6 is 0 Å². The minimum absolute atomic E-state index is 0.0805. The normalized spacial score (nSPS) is 24.6. The predicted octanol–water partition coefficient (Wildman–Crippen LogP) is 5.00. The largest absolute Gasteiger partial charge is 0.390 e. The molecule has 1 heterocycles. The van der Waals surface area contributed by atoms with E-state index in [0.717, 1.165) is 25.7 Å². The Labute approximate surface area is 125 Å². The maximum atomic E-state index is 10.0. The van der Waals surface area contributed by atoms with Crippen molar-refractivity contribution in [2.24, 2.45) is 0 Å². The molecule has 0 aromatic rings. The standard InChI is InChI=1S/C18H34O2/c1-3-4-5-6-7-8-9-10-11-12-13-17(19)18-15-14-16(2)20-18/h10-11,16-19H,3-9,12-15H2,1-2H3/b11-10-/t16-,17+,18+/m1/s1. The molecule has 1 rings (SSSR count). The molecule has 1 fully saturated rings. The van der Waals surface area contributed by atoms with Crippen molar-refractivity contribution in [3.63, 3.8) is 0 Å². The van der Waals surface area contributed by atoms with Gasteiger partial charge in [0.15, 0.2) is 0 Å². The Hall–Kier alpha value is -0.340. The Bertz CT molecular complexity index is 250. The van der Waals surface area contributed by atoms with E-state index < -0.39 is 0 Å². The molecule has 2 heteroatoms. The van der Waals surface area contributed by atoms with E-state index in [-0.39, 0.29) is 12.2 Å². The van der Waals surface area contributed by atoms with Crippen LogP contribution in [0.15, 0.2) is 12.2 Å². The maximum absolute atomic E-state index is 10.0. The second-order valence-corrected chi connectivity index (χ2v) is 6.24. The van der Waals surface area contributed by atoms with Gasteiger partial charge in [0.05, 0.1) is 18.3 Å². The lowest BCUT2D eigenvalue weighted by atomic mass is 10.0. The summed E-state index contributed by atoms with van der Waals surface area (Å²) in [5, 5.41) is 10.0. The van der Waals surface area contributed by atoms with E-state index >= 15 is 0 Å². The summed E-state index contributed by atoms with van der Waals surface area (Å²) >= 11 is 0. The highest BCUT2D eigenvalue weighted by Gasteiger charge is 2.27. The van der Waals surface area contributed by atoms with Crippen LogP contribution in [0.2, 0.25) is 0 Å². The molecule has 2 nitrogen and oxygen atoms in total. The SMILES string of the molecule is CCCCCCCC/C=C\CC[C@H](O)[C@@H]1CC[C@@H](C)O1. The van der Waals surface area contributed by atoms with Crippen LogP contribution in [0, 0.1) is 0 Å². The molecule has 20 heavy (non-hydrogen) atoms. The average molecular weight is 282 g/mol. The van der Waals surface area contributed by atoms with E-state index in [0.29, 0.717) is 6.10 Å². The van der Waals surface area contributed by atoms with Crippen LogP contribution in [0.3, 0.4) is 0 Å². The lowest BCUT2D eigenvalue weighted by molar-refractivity contribution is -0.0309. The number of ether oxygens (including phenoxy) is 1. The fourth-order valence-electron chi connectivity index (χ4n) is 2.85. The highest BCUT2D eigenvalue weighted by molar-refractivity contribution is 4.85. The van der Waals surface area contributed by atoms with Gasteiger partial charge in [-0.3, -0.25) is 0 Å². The molecule has 0 aromatic carbocycles. The van der Waals surface area contributed by atoms with Crippen molar-refractivity contribution in [3.8, 4) is 0 Å². The van der Waals surface area contributed by atoms with Gasteiger partial charge < -0.3 is 9.84 Å². The van der Waals surface area contributed by atoms with Gasteiger partial charge in [0, 0.05) is 0 Å². The Morgan fingerprint density at radius 2 is 1.75 bits per heavy atom. The summed E-state index contributed by atoms with van der Waals surface area (Å²) < 4.78 is 5.69. The van der Waals surface area contributed by atoms with Gasteiger partial charge >= 0.3 is 0 Å². The van der Waals surface area contributed by atoms with Crippen molar-refractivity contribution >= 4 is 0 Å². The monoisotopic (exact) mass is 282 g/mol. The summed E-state index contributed by atoms with van der Waals surface area (Å²) in [6.45, 7) is 4.35. The van der Waals surface area contributed by atoms with Gasteiger partial charge in [-0.15, -0.1) is 0 Å². The fourth-order valence-corrected chi connectivity index (χ4v) is 2.85. The molecule has 0 radical (unpaired) electrons. The van der Waals surface area contributed by atoms with Gasteiger partial charge in [-0.2, -0.15) is 0 Å². The van der Waals surface area contributed by atoms with Gasteiger partial charge in [0.2, 0.25) is 0 Å². The number of unbranched alkanes of at least 4 members (excludes halogenated alkanes) is 6. The Kier molecular flexibility index (Phi) is 10.0. The summed E-state index contributed by atoms with van der Waals surface area (Å²) in [6, 6.07) is 0. The topological polar surface area (TPSA) is 29.5 Å². The quantitative estimate of drug-likeness (QED) is 0.427. The average Bonchev–Trinajstić information content (AvgIpc) is 2.87. The molecule has 1 saturated heterocycles. The van der Waals surface area contributed by atoms with Crippen molar-refractivity contribution in [1.29, 1.82) is 0 Å². The number of aliphatic hydroxyl groups excluding tert-OH is 1. The Morgan fingerprint density at radius 3 is 2.45 bits per heavy atom. The van der Waals surface area contributed by atoms with Crippen LogP contribution < -0.4 is 0 Å². The molecule has 3 atom stereocenters. The van der Waals surface area contributed by atoms with Gasteiger partial charge in [0.1, 0.15) is 0 Å². The molecule has 118 valence electrons. The second kappa shape index (κ2) is 11.3. The molecule has 0 spiro atoms. The predicted molar refractivity (Wildman–Crippen MR) is 85.9 cm³/mol. The number of allylic oxidation sites excluding steroid dienone is 2. The molecule has 0 aliphatic carbocycles. The van der Waals surface area contributed by atoms with Crippen LogP contribution in [-0.4, -0.2) is 23.4 Å². The minimum Gasteiger partial charge on any atom is -0.390 e. The minimum atomic E-state index is -0.279. The zero-order chi connectivity index (χ0) is 14.6. The Morgan fingerprint density at radius 1 is 1.05 bits per heavy atom. The number of hydrogen-bond acceptors (Lipinski definition) is 2. The first-order valence-electron chi connectivity index (χ1n) is 8.72. The summed E-state index contributed by atoms with van der Waals surface area (Å²) in [5.74, 6) is 0. The third kappa shape index (κ3) is 8.06. The van der Waals surface area contributed by atoms with Crippen LogP contribution in [0.4, 0.5) is 0 Å². The fraction of sp³-hybridized carbons (Fsp3) is 0.889. The third-order valence-corrected chi connectivity index (χ3v) is 4.21. The first kappa shape index (κ1) is 17.7. The van der Waals surface area contributed by atoms with Crippen molar-refractivity contribution in [2.75, 3.05) is 0 Å². The molecule has 0 unspecified atom stereocenters. The van der Waals surface area contributed by atoms with E-state index in [1.54, 1.807) is 0 Å². The molecule has 1 aliphatic heterocycles. The lowest BCUT2D eigenvalue weighted by Gasteiger charge is -2.17. The van der Waals surface area contributed by atoms with E-state index in [4.69, 9.17) is 4.74 Å². The van der Waals surface area contributed by atoms with Gasteiger partial charge in [-0.25, -0.2) is 0 Å². The molecule has 0 saturated carbocycles. The number of aliphatic hydroxyl groups is 1. The van der Waals surface area contributed by atoms with Crippen molar-refractivity contribution in [2.45, 2.75) is 103 Å². The third-order valence-electron chi connectivity index (χ3n) is 4.21. The zero-order valence-corrected chi connectivity index (χ0v) is 13.5. The highest BCUT2D eigenvalue weighted by atomic mass is 16.5. The molecule has 1 N–H and O–H groups in total. The first-order valence-corrected chi connectivity index (χ1v) is 8.72. The van der Waals surface area contributed by atoms with E-state index in [1.807, 2.05) is 0 Å². The smallest absolute Gasteiger partial charge is 0.0838 e. The van der Waals surface area contributed by atoms with Crippen molar-refractivity contribution in [1.82, 2.24) is 0 Å². The van der Waals surface area contributed by atoms with Crippen LogP contribution in [0.25, 0.3) is 0 Å². The second-order valence-electron chi connectivity index (χ2n) is 6.24. The molecule has 0 amide bonds. The molecule has 1 aliphatic rings. The van der Waals surface area contributed by atoms with E-state index in [1.165, 1.54) is 44.9 Å². The molecule has 0 aromatic heterocycles. The van der Waals surface area contributed by atoms with Gasteiger partial charge in [0.25, 0.3) is 0 Å². The summed E-state index contributed by atoms with van der Waals surface area (Å²) in [7, 11) is 0. The van der Waals surface area contributed by atoms with Crippen LogP contribution in [0.1, 0.15) is 84.5 Å². The zero-order valence-electron chi connectivity index (χ0n) is 13.5. The van der Waals surface area contributed by atoms with Gasteiger partial charge in [-0.05, 0) is 45.4 Å². The Balaban J connectivity index is 1.91.